The van der Waals surface area contributed by atoms with Gasteiger partial charge in [0.2, 0.25) is 0 Å². The number of methoxy groups -OCH3 is 1. The molecule has 6 nitrogen and oxygen atoms in total. The topological polar surface area (TPSA) is 68.5 Å². The van der Waals surface area contributed by atoms with Crippen LogP contribution in [0.5, 0.6) is 5.75 Å². The summed E-state index contributed by atoms with van der Waals surface area (Å²) in [6, 6.07) is 17.5. The summed E-state index contributed by atoms with van der Waals surface area (Å²) >= 11 is 0. The van der Waals surface area contributed by atoms with E-state index in [1.54, 1.807) is 37.6 Å². The van der Waals surface area contributed by atoms with Gasteiger partial charge in [-0.05, 0) is 53.9 Å². The first-order chi connectivity index (χ1) is 14.6. The summed E-state index contributed by atoms with van der Waals surface area (Å²) in [5, 5.41) is 11.3. The van der Waals surface area contributed by atoms with Crippen molar-refractivity contribution in [2.75, 3.05) is 13.7 Å². The highest BCUT2D eigenvalue weighted by molar-refractivity contribution is 5.94. The van der Waals surface area contributed by atoms with Crippen molar-refractivity contribution in [2.45, 2.75) is 12.8 Å². The molecule has 0 unspecified atom stereocenters. The van der Waals surface area contributed by atoms with E-state index in [1.165, 1.54) is 12.1 Å². The predicted molar refractivity (Wildman–Crippen MR) is 111 cm³/mol. The Bertz CT molecular complexity index is 1150. The van der Waals surface area contributed by atoms with Gasteiger partial charge in [-0.1, -0.05) is 24.3 Å². The first-order valence-corrected chi connectivity index (χ1v) is 9.61. The number of nitrogens with zero attached hydrogens (tertiary/aromatic N) is 3. The molecule has 0 fully saturated rings. The van der Waals surface area contributed by atoms with Gasteiger partial charge in [0.05, 0.1) is 12.7 Å². The number of pyridine rings is 1. The Kier molecular flexibility index (Phi) is 5.70. The number of halogens is 1. The molecule has 4 aromatic rings. The highest BCUT2D eigenvalue weighted by Crippen LogP contribution is 2.15. The lowest BCUT2D eigenvalue weighted by Gasteiger charge is -2.07. The zero-order chi connectivity index (χ0) is 20.9. The number of hydrogen-bond donors (Lipinski definition) is 1. The molecule has 2 aromatic carbocycles. The molecular weight excluding hydrogens is 383 g/mol. The number of rotatable bonds is 7. The maximum absolute atomic E-state index is 13.0. The van der Waals surface area contributed by atoms with E-state index in [4.69, 9.17) is 4.74 Å². The first kappa shape index (κ1) is 19.6. The Morgan fingerprint density at radius 2 is 1.73 bits per heavy atom. The number of ether oxygens (including phenoxy) is 1. The van der Waals surface area contributed by atoms with Crippen molar-refractivity contribution >= 4 is 11.6 Å². The number of carbonyl (C=O) groups is 1. The van der Waals surface area contributed by atoms with Crippen molar-refractivity contribution in [3.05, 3.63) is 95.2 Å². The summed E-state index contributed by atoms with van der Waals surface area (Å²) in [7, 11) is 1.63. The molecule has 30 heavy (non-hydrogen) atoms. The largest absolute Gasteiger partial charge is 0.497 e. The number of nitrogens with one attached hydrogen (secondary N) is 1. The molecule has 4 rings (SSSR count). The lowest BCUT2D eigenvalue weighted by atomic mass is 10.1. The van der Waals surface area contributed by atoms with Crippen LogP contribution in [-0.4, -0.2) is 34.2 Å². The Balaban J connectivity index is 1.44. The van der Waals surface area contributed by atoms with Gasteiger partial charge in [0.15, 0.2) is 5.65 Å². The van der Waals surface area contributed by atoms with Crippen LogP contribution < -0.4 is 10.1 Å². The minimum Gasteiger partial charge on any atom is -0.497 e. The second kappa shape index (κ2) is 8.73. The number of hydrogen-bond acceptors (Lipinski definition) is 4. The fourth-order valence-corrected chi connectivity index (χ4v) is 3.19. The van der Waals surface area contributed by atoms with Crippen LogP contribution in [0.4, 0.5) is 4.39 Å². The summed E-state index contributed by atoms with van der Waals surface area (Å²) in [5.74, 6) is 1.10. The van der Waals surface area contributed by atoms with Crippen molar-refractivity contribution in [3.8, 4) is 5.75 Å². The van der Waals surface area contributed by atoms with Gasteiger partial charge >= 0.3 is 0 Å². The van der Waals surface area contributed by atoms with E-state index < -0.39 is 0 Å². The predicted octanol–water partition coefficient (Wildman–Crippen LogP) is 3.44. The molecule has 7 heteroatoms. The third-order valence-corrected chi connectivity index (χ3v) is 4.87. The van der Waals surface area contributed by atoms with Crippen LogP contribution in [0.2, 0.25) is 0 Å². The molecule has 0 atom stereocenters. The third-order valence-electron chi connectivity index (χ3n) is 4.87. The number of benzene rings is 2. The van der Waals surface area contributed by atoms with Gasteiger partial charge in [0, 0.05) is 19.2 Å². The summed E-state index contributed by atoms with van der Waals surface area (Å²) < 4.78 is 20.0. The molecule has 0 aliphatic heterocycles. The van der Waals surface area contributed by atoms with E-state index >= 15 is 0 Å². The first-order valence-electron chi connectivity index (χ1n) is 9.61. The van der Waals surface area contributed by atoms with Crippen LogP contribution in [0.3, 0.4) is 0 Å². The van der Waals surface area contributed by atoms with Gasteiger partial charge in [-0.3, -0.25) is 9.20 Å². The van der Waals surface area contributed by atoms with E-state index in [-0.39, 0.29) is 11.7 Å². The van der Waals surface area contributed by atoms with Crippen LogP contribution in [0.15, 0.2) is 66.9 Å². The molecule has 0 radical (unpaired) electrons. The van der Waals surface area contributed by atoms with E-state index in [9.17, 15) is 9.18 Å². The number of amides is 1. The molecule has 2 aromatic heterocycles. The summed E-state index contributed by atoms with van der Waals surface area (Å²) in [6.45, 7) is 0.462. The van der Waals surface area contributed by atoms with Crippen LogP contribution >= 0.6 is 0 Å². The van der Waals surface area contributed by atoms with Crippen LogP contribution in [0.1, 0.15) is 27.3 Å². The molecule has 0 saturated heterocycles. The van der Waals surface area contributed by atoms with E-state index in [0.717, 1.165) is 22.7 Å². The third kappa shape index (κ3) is 4.46. The Hall–Kier alpha value is -3.74. The standard InChI is InChI=1S/C23H21FN4O2/c1-30-20-9-4-17(5-10-20)14-22-27-26-21-11-6-18(15-28(21)22)23(29)25-13-12-16-2-7-19(24)8-3-16/h2-11,15H,12-14H2,1H3,(H,25,29). The second-order valence-electron chi connectivity index (χ2n) is 6.92. The number of fused-ring (bicyclic) bond motifs is 1. The van der Waals surface area contributed by atoms with Gasteiger partial charge in [-0.25, -0.2) is 4.39 Å². The normalized spacial score (nSPS) is 10.9. The molecule has 0 aliphatic carbocycles. The molecule has 152 valence electrons. The fourth-order valence-electron chi connectivity index (χ4n) is 3.19. The van der Waals surface area contributed by atoms with Gasteiger partial charge in [-0.2, -0.15) is 0 Å². The molecule has 0 spiro atoms. The van der Waals surface area contributed by atoms with Gasteiger partial charge < -0.3 is 10.1 Å². The van der Waals surface area contributed by atoms with Crippen molar-refractivity contribution in [1.82, 2.24) is 19.9 Å². The second-order valence-corrected chi connectivity index (χ2v) is 6.92. The van der Waals surface area contributed by atoms with E-state index in [1.807, 2.05) is 28.7 Å². The molecule has 1 amide bonds. The SMILES string of the molecule is COc1ccc(Cc2nnc3ccc(C(=O)NCCc4ccc(F)cc4)cn23)cc1. The smallest absolute Gasteiger partial charge is 0.252 e. The maximum atomic E-state index is 13.0. The average molecular weight is 404 g/mol. The minimum atomic E-state index is -0.268. The average Bonchev–Trinajstić information content (AvgIpc) is 3.17. The molecule has 0 bridgehead atoms. The molecule has 1 N–H and O–H groups in total. The Morgan fingerprint density at radius 1 is 1.00 bits per heavy atom. The highest BCUT2D eigenvalue weighted by atomic mass is 19.1. The summed E-state index contributed by atoms with van der Waals surface area (Å²) in [4.78, 5) is 12.6. The van der Waals surface area contributed by atoms with Crippen molar-refractivity contribution in [1.29, 1.82) is 0 Å². The lowest BCUT2D eigenvalue weighted by molar-refractivity contribution is 0.0953. The Labute approximate surface area is 173 Å². The van der Waals surface area contributed by atoms with Gasteiger partial charge in [0.1, 0.15) is 17.4 Å². The molecule has 0 saturated carbocycles. The molecule has 0 aliphatic rings. The van der Waals surface area contributed by atoms with E-state index in [0.29, 0.717) is 30.6 Å². The molecule has 2 heterocycles. The van der Waals surface area contributed by atoms with Crippen molar-refractivity contribution in [2.24, 2.45) is 0 Å². The number of carbonyl (C=O) groups excluding carboxylic acids is 1. The van der Waals surface area contributed by atoms with Crippen molar-refractivity contribution < 1.29 is 13.9 Å². The monoisotopic (exact) mass is 404 g/mol. The Morgan fingerprint density at radius 3 is 2.47 bits per heavy atom. The van der Waals surface area contributed by atoms with Gasteiger partial charge in [0.25, 0.3) is 5.91 Å². The zero-order valence-corrected chi connectivity index (χ0v) is 16.5. The number of aromatic nitrogens is 3. The molecular formula is C23H21FN4O2. The van der Waals surface area contributed by atoms with Crippen LogP contribution in [-0.2, 0) is 12.8 Å². The summed E-state index contributed by atoms with van der Waals surface area (Å²) in [6.07, 6.45) is 2.96. The maximum Gasteiger partial charge on any atom is 0.252 e. The zero-order valence-electron chi connectivity index (χ0n) is 16.5. The fraction of sp³-hybridized carbons (Fsp3) is 0.174. The minimum absolute atomic E-state index is 0.178. The summed E-state index contributed by atoms with van der Waals surface area (Å²) in [5.41, 5.74) is 3.24. The van der Waals surface area contributed by atoms with Gasteiger partial charge in [-0.15, -0.1) is 10.2 Å². The quantitative estimate of drug-likeness (QED) is 0.512. The van der Waals surface area contributed by atoms with E-state index in [2.05, 4.69) is 15.5 Å². The van der Waals surface area contributed by atoms with Crippen LogP contribution in [0, 0.1) is 5.82 Å². The van der Waals surface area contributed by atoms with Crippen molar-refractivity contribution in [3.63, 3.8) is 0 Å². The lowest BCUT2D eigenvalue weighted by Crippen LogP contribution is -2.26. The van der Waals surface area contributed by atoms with Crippen LogP contribution in [0.25, 0.3) is 5.65 Å². The highest BCUT2D eigenvalue weighted by Gasteiger charge is 2.11.